The minimum atomic E-state index is -0.466. The molecule has 0 aliphatic carbocycles. The Kier molecular flexibility index (Phi) is 5.72. The molecule has 0 aromatic heterocycles. The molecular formula is C17H19NO3S. The van der Waals surface area contributed by atoms with Crippen LogP contribution in [0.3, 0.4) is 0 Å². The number of rotatable bonds is 6. The number of hydrogen-bond acceptors (Lipinski definition) is 4. The SMILES string of the molecule is Cc1cccc(CSCCNC(=O)c2c(O)cccc2O)c1. The largest absolute Gasteiger partial charge is 0.507 e. The third-order valence-electron chi connectivity index (χ3n) is 3.13. The van der Waals surface area contributed by atoms with E-state index >= 15 is 0 Å². The van der Waals surface area contributed by atoms with Crippen LogP contribution >= 0.6 is 11.8 Å². The Labute approximate surface area is 134 Å². The molecule has 22 heavy (non-hydrogen) atoms. The van der Waals surface area contributed by atoms with Gasteiger partial charge in [-0.2, -0.15) is 11.8 Å². The predicted octanol–water partition coefficient (Wildman–Crippen LogP) is 3.07. The number of aromatic hydroxyl groups is 2. The highest BCUT2D eigenvalue weighted by molar-refractivity contribution is 7.98. The number of nitrogens with one attached hydrogen (secondary N) is 1. The number of carbonyl (C=O) groups excluding carboxylic acids is 1. The molecule has 0 unspecified atom stereocenters. The molecule has 0 atom stereocenters. The zero-order chi connectivity index (χ0) is 15.9. The molecule has 0 saturated carbocycles. The lowest BCUT2D eigenvalue weighted by atomic mass is 10.1. The first-order valence-corrected chi connectivity index (χ1v) is 8.16. The second-order valence-corrected chi connectivity index (χ2v) is 6.07. The fourth-order valence-electron chi connectivity index (χ4n) is 2.08. The lowest BCUT2D eigenvalue weighted by Gasteiger charge is -2.08. The molecule has 0 fully saturated rings. The van der Waals surface area contributed by atoms with Gasteiger partial charge in [0.15, 0.2) is 0 Å². The van der Waals surface area contributed by atoms with Crippen LogP contribution in [-0.4, -0.2) is 28.4 Å². The zero-order valence-corrected chi connectivity index (χ0v) is 13.2. The molecule has 0 aliphatic heterocycles. The average Bonchev–Trinajstić information content (AvgIpc) is 2.47. The Morgan fingerprint density at radius 2 is 1.82 bits per heavy atom. The normalized spacial score (nSPS) is 10.4. The Hall–Kier alpha value is -2.14. The van der Waals surface area contributed by atoms with Gasteiger partial charge in [-0.15, -0.1) is 0 Å². The third kappa shape index (κ3) is 4.43. The maximum Gasteiger partial charge on any atom is 0.258 e. The summed E-state index contributed by atoms with van der Waals surface area (Å²) in [7, 11) is 0. The van der Waals surface area contributed by atoms with Crippen LogP contribution in [0.5, 0.6) is 11.5 Å². The minimum absolute atomic E-state index is 0.0776. The standard InChI is InChI=1S/C17H19NO3S/c1-12-4-2-5-13(10-12)11-22-9-8-18-17(21)16-14(19)6-3-7-15(16)20/h2-7,10,19-20H,8-9,11H2,1H3,(H,18,21). The molecule has 0 aliphatic rings. The van der Waals surface area contributed by atoms with Gasteiger partial charge in [0.1, 0.15) is 17.1 Å². The van der Waals surface area contributed by atoms with Crippen molar-refractivity contribution in [1.82, 2.24) is 5.32 Å². The highest BCUT2D eigenvalue weighted by Gasteiger charge is 2.15. The van der Waals surface area contributed by atoms with Crippen molar-refractivity contribution in [3.8, 4) is 11.5 Å². The maximum atomic E-state index is 11.9. The maximum absolute atomic E-state index is 11.9. The van der Waals surface area contributed by atoms with E-state index in [0.29, 0.717) is 6.54 Å². The summed E-state index contributed by atoms with van der Waals surface area (Å²) >= 11 is 1.72. The molecule has 0 radical (unpaired) electrons. The lowest BCUT2D eigenvalue weighted by Crippen LogP contribution is -2.25. The van der Waals surface area contributed by atoms with Gasteiger partial charge in [0.05, 0.1) is 0 Å². The van der Waals surface area contributed by atoms with Gasteiger partial charge >= 0.3 is 0 Å². The minimum Gasteiger partial charge on any atom is -0.507 e. The van der Waals surface area contributed by atoms with Crippen LogP contribution in [-0.2, 0) is 5.75 Å². The van der Waals surface area contributed by atoms with E-state index in [4.69, 9.17) is 0 Å². The van der Waals surface area contributed by atoms with Crippen LogP contribution in [0.15, 0.2) is 42.5 Å². The number of amides is 1. The molecule has 2 aromatic carbocycles. The van der Waals surface area contributed by atoms with Gasteiger partial charge in [-0.05, 0) is 24.6 Å². The van der Waals surface area contributed by atoms with Crippen molar-refractivity contribution < 1.29 is 15.0 Å². The Bertz CT molecular complexity index is 638. The van der Waals surface area contributed by atoms with Gasteiger partial charge in [0, 0.05) is 18.1 Å². The molecular weight excluding hydrogens is 298 g/mol. The summed E-state index contributed by atoms with van der Waals surface area (Å²) < 4.78 is 0. The highest BCUT2D eigenvalue weighted by atomic mass is 32.2. The summed E-state index contributed by atoms with van der Waals surface area (Å²) in [6, 6.07) is 12.6. The summed E-state index contributed by atoms with van der Waals surface area (Å²) in [4.78, 5) is 11.9. The average molecular weight is 317 g/mol. The quantitative estimate of drug-likeness (QED) is 0.716. The van der Waals surface area contributed by atoms with Crippen LogP contribution in [0.2, 0.25) is 0 Å². The second kappa shape index (κ2) is 7.75. The van der Waals surface area contributed by atoms with E-state index in [-0.39, 0.29) is 17.1 Å². The molecule has 0 saturated heterocycles. The van der Waals surface area contributed by atoms with E-state index in [1.165, 1.54) is 29.3 Å². The summed E-state index contributed by atoms with van der Waals surface area (Å²) in [6.45, 7) is 2.54. The summed E-state index contributed by atoms with van der Waals surface area (Å²) in [5, 5.41) is 21.9. The molecule has 1 amide bonds. The van der Waals surface area contributed by atoms with Crippen LogP contribution in [0.25, 0.3) is 0 Å². The molecule has 5 heteroatoms. The molecule has 3 N–H and O–H groups in total. The van der Waals surface area contributed by atoms with Gasteiger partial charge in [0.25, 0.3) is 5.91 Å². The first-order chi connectivity index (χ1) is 10.6. The fourth-order valence-corrected chi connectivity index (χ4v) is 2.88. The van der Waals surface area contributed by atoms with Gasteiger partial charge < -0.3 is 15.5 Å². The Morgan fingerprint density at radius 1 is 1.14 bits per heavy atom. The molecule has 0 heterocycles. The first-order valence-electron chi connectivity index (χ1n) is 7.00. The number of carbonyl (C=O) groups is 1. The van der Waals surface area contributed by atoms with E-state index in [0.717, 1.165) is 11.5 Å². The fraction of sp³-hybridized carbons (Fsp3) is 0.235. The van der Waals surface area contributed by atoms with Crippen LogP contribution in [0.1, 0.15) is 21.5 Å². The second-order valence-electron chi connectivity index (χ2n) is 4.97. The number of thioether (sulfide) groups is 1. The number of hydrogen-bond donors (Lipinski definition) is 3. The van der Waals surface area contributed by atoms with Gasteiger partial charge in [0.2, 0.25) is 0 Å². The van der Waals surface area contributed by atoms with Crippen LogP contribution in [0, 0.1) is 6.92 Å². The summed E-state index contributed by atoms with van der Waals surface area (Å²) in [6.07, 6.45) is 0. The monoisotopic (exact) mass is 317 g/mol. The molecule has 0 spiro atoms. The molecule has 2 aromatic rings. The van der Waals surface area contributed by atoms with Crippen molar-refractivity contribution in [2.45, 2.75) is 12.7 Å². The predicted molar refractivity (Wildman–Crippen MR) is 89.4 cm³/mol. The smallest absolute Gasteiger partial charge is 0.258 e. The van der Waals surface area contributed by atoms with E-state index in [1.807, 2.05) is 6.07 Å². The highest BCUT2D eigenvalue weighted by Crippen LogP contribution is 2.25. The lowest BCUT2D eigenvalue weighted by molar-refractivity contribution is 0.0950. The van der Waals surface area contributed by atoms with Crippen molar-refractivity contribution in [3.05, 3.63) is 59.2 Å². The Balaban J connectivity index is 1.76. The number of phenols is 2. The van der Waals surface area contributed by atoms with Crippen molar-refractivity contribution in [1.29, 1.82) is 0 Å². The van der Waals surface area contributed by atoms with Gasteiger partial charge in [-0.25, -0.2) is 0 Å². The number of aryl methyl sites for hydroxylation is 1. The van der Waals surface area contributed by atoms with Crippen molar-refractivity contribution >= 4 is 17.7 Å². The molecule has 2 rings (SSSR count). The number of benzene rings is 2. The van der Waals surface area contributed by atoms with E-state index < -0.39 is 5.91 Å². The van der Waals surface area contributed by atoms with Crippen molar-refractivity contribution in [2.75, 3.05) is 12.3 Å². The van der Waals surface area contributed by atoms with Crippen molar-refractivity contribution in [2.24, 2.45) is 0 Å². The van der Waals surface area contributed by atoms with Crippen molar-refractivity contribution in [3.63, 3.8) is 0 Å². The first kappa shape index (κ1) is 16.2. The molecule has 116 valence electrons. The van der Waals surface area contributed by atoms with E-state index in [2.05, 4.69) is 30.4 Å². The summed E-state index contributed by atoms with van der Waals surface area (Å²) in [5.74, 6) is 0.745. The van der Waals surface area contributed by atoms with E-state index in [9.17, 15) is 15.0 Å². The van der Waals surface area contributed by atoms with Crippen LogP contribution in [0.4, 0.5) is 0 Å². The topological polar surface area (TPSA) is 69.6 Å². The van der Waals surface area contributed by atoms with Gasteiger partial charge in [-0.1, -0.05) is 35.9 Å². The Morgan fingerprint density at radius 3 is 2.50 bits per heavy atom. The van der Waals surface area contributed by atoms with Gasteiger partial charge in [-0.3, -0.25) is 4.79 Å². The van der Waals surface area contributed by atoms with E-state index in [1.54, 1.807) is 11.8 Å². The molecule has 0 bridgehead atoms. The summed E-state index contributed by atoms with van der Waals surface area (Å²) in [5.41, 5.74) is 2.42. The zero-order valence-electron chi connectivity index (χ0n) is 12.4. The third-order valence-corrected chi connectivity index (χ3v) is 4.16. The molecule has 4 nitrogen and oxygen atoms in total. The van der Waals surface area contributed by atoms with Crippen LogP contribution < -0.4 is 5.32 Å². The number of phenolic OH excluding ortho intramolecular Hbond substituents is 2.